The minimum atomic E-state index is -0.432. The van der Waals surface area contributed by atoms with Crippen molar-refractivity contribution in [1.29, 1.82) is 0 Å². The Hall–Kier alpha value is -2.53. The number of para-hydroxylation sites is 1. The summed E-state index contributed by atoms with van der Waals surface area (Å²) in [5.74, 6) is -0.100. The fraction of sp³-hybridized carbons (Fsp3) is 0.300. The van der Waals surface area contributed by atoms with Gasteiger partial charge in [0.25, 0.3) is 5.91 Å². The molecule has 6 heteroatoms. The van der Waals surface area contributed by atoms with Crippen molar-refractivity contribution in [3.63, 3.8) is 0 Å². The first kappa shape index (κ1) is 19.8. The third kappa shape index (κ3) is 6.08. The van der Waals surface area contributed by atoms with Crippen LogP contribution < -0.4 is 15.6 Å². The van der Waals surface area contributed by atoms with Crippen LogP contribution in [0.3, 0.4) is 0 Å². The molecule has 0 aliphatic heterocycles. The summed E-state index contributed by atoms with van der Waals surface area (Å²) in [5, 5.41) is 0.607. The van der Waals surface area contributed by atoms with E-state index in [0.717, 1.165) is 11.1 Å². The predicted octanol–water partition coefficient (Wildman–Crippen LogP) is 3.41. The molecule has 0 bridgehead atoms. The van der Waals surface area contributed by atoms with Crippen molar-refractivity contribution < 1.29 is 14.3 Å². The molecule has 2 amide bonds. The molecule has 0 aromatic heterocycles. The Morgan fingerprint density at radius 2 is 1.58 bits per heavy atom. The summed E-state index contributed by atoms with van der Waals surface area (Å²) in [5.41, 5.74) is 6.45. The first-order valence-corrected chi connectivity index (χ1v) is 8.68. The summed E-state index contributed by atoms with van der Waals surface area (Å²) in [7, 11) is 0. The SMILES string of the molecule is CC(C)(C)c1ccccc1OCC(=O)NNC(=O)Cc1ccc(Cl)cc1. The Morgan fingerprint density at radius 3 is 2.23 bits per heavy atom. The molecule has 0 heterocycles. The van der Waals surface area contributed by atoms with Crippen LogP contribution in [0.4, 0.5) is 0 Å². The van der Waals surface area contributed by atoms with E-state index in [-0.39, 0.29) is 24.3 Å². The van der Waals surface area contributed by atoms with Gasteiger partial charge in [0.05, 0.1) is 6.42 Å². The van der Waals surface area contributed by atoms with Crippen LogP contribution in [-0.2, 0) is 21.4 Å². The molecule has 138 valence electrons. The standard InChI is InChI=1S/C20H23ClN2O3/c1-20(2,3)16-6-4-5-7-17(16)26-13-19(25)23-22-18(24)12-14-8-10-15(21)11-9-14/h4-11H,12-13H2,1-3H3,(H,22,24)(H,23,25). The molecule has 0 saturated heterocycles. The molecule has 0 aliphatic rings. The predicted molar refractivity (Wildman–Crippen MR) is 102 cm³/mol. The van der Waals surface area contributed by atoms with E-state index in [1.165, 1.54) is 0 Å². The lowest BCUT2D eigenvalue weighted by Gasteiger charge is -2.22. The van der Waals surface area contributed by atoms with E-state index in [4.69, 9.17) is 16.3 Å². The van der Waals surface area contributed by atoms with Crippen LogP contribution in [0.1, 0.15) is 31.9 Å². The second-order valence-electron chi connectivity index (χ2n) is 6.93. The highest BCUT2D eigenvalue weighted by Gasteiger charge is 2.19. The lowest BCUT2D eigenvalue weighted by atomic mass is 9.86. The number of benzene rings is 2. The van der Waals surface area contributed by atoms with Gasteiger partial charge in [0.1, 0.15) is 5.75 Å². The molecule has 2 aromatic rings. The van der Waals surface area contributed by atoms with Crippen molar-refractivity contribution in [1.82, 2.24) is 10.9 Å². The van der Waals surface area contributed by atoms with Gasteiger partial charge in [-0.2, -0.15) is 0 Å². The molecule has 0 saturated carbocycles. The van der Waals surface area contributed by atoms with Gasteiger partial charge in [-0.3, -0.25) is 20.4 Å². The van der Waals surface area contributed by atoms with Crippen molar-refractivity contribution in [3.8, 4) is 5.75 Å². The molecular formula is C20H23ClN2O3. The van der Waals surface area contributed by atoms with E-state index >= 15 is 0 Å². The van der Waals surface area contributed by atoms with E-state index in [1.807, 2.05) is 24.3 Å². The fourth-order valence-electron chi connectivity index (χ4n) is 2.36. The van der Waals surface area contributed by atoms with Crippen LogP contribution in [0.15, 0.2) is 48.5 Å². The molecule has 0 spiro atoms. The van der Waals surface area contributed by atoms with E-state index in [2.05, 4.69) is 31.6 Å². The lowest BCUT2D eigenvalue weighted by molar-refractivity contribution is -0.129. The Morgan fingerprint density at radius 1 is 0.962 bits per heavy atom. The van der Waals surface area contributed by atoms with E-state index < -0.39 is 5.91 Å². The molecule has 2 N–H and O–H groups in total. The number of hydrazine groups is 1. The van der Waals surface area contributed by atoms with Crippen LogP contribution >= 0.6 is 11.6 Å². The Kier molecular flexibility index (Phi) is 6.64. The number of halogens is 1. The number of hydrogen-bond donors (Lipinski definition) is 2. The van der Waals surface area contributed by atoms with Crippen LogP contribution in [0.5, 0.6) is 5.75 Å². The maximum atomic E-state index is 11.9. The van der Waals surface area contributed by atoms with E-state index in [0.29, 0.717) is 10.8 Å². The summed E-state index contributed by atoms with van der Waals surface area (Å²) >= 11 is 5.80. The average molecular weight is 375 g/mol. The molecule has 0 radical (unpaired) electrons. The quantitative estimate of drug-likeness (QED) is 0.788. The van der Waals surface area contributed by atoms with Gasteiger partial charge in [-0.1, -0.05) is 62.7 Å². The number of carbonyl (C=O) groups is 2. The maximum absolute atomic E-state index is 11.9. The topological polar surface area (TPSA) is 67.4 Å². The molecular weight excluding hydrogens is 352 g/mol. The van der Waals surface area contributed by atoms with Crippen LogP contribution in [0.2, 0.25) is 5.02 Å². The van der Waals surface area contributed by atoms with Gasteiger partial charge in [0.2, 0.25) is 5.91 Å². The van der Waals surface area contributed by atoms with Gasteiger partial charge in [0, 0.05) is 5.02 Å². The highest BCUT2D eigenvalue weighted by Crippen LogP contribution is 2.30. The Bertz CT molecular complexity index is 767. The molecule has 0 fully saturated rings. The van der Waals surface area contributed by atoms with Crippen molar-refractivity contribution in [2.75, 3.05) is 6.61 Å². The second-order valence-corrected chi connectivity index (χ2v) is 7.37. The summed E-state index contributed by atoms with van der Waals surface area (Å²) in [6.07, 6.45) is 0.144. The number of carbonyl (C=O) groups excluding carboxylic acids is 2. The van der Waals surface area contributed by atoms with Gasteiger partial charge in [0.15, 0.2) is 6.61 Å². The number of ether oxygens (including phenoxy) is 1. The molecule has 0 unspecified atom stereocenters. The summed E-state index contributed by atoms with van der Waals surface area (Å²) in [6.45, 7) is 6.04. The molecule has 26 heavy (non-hydrogen) atoms. The van der Waals surface area contributed by atoms with Crippen LogP contribution in [-0.4, -0.2) is 18.4 Å². The molecule has 0 atom stereocenters. The monoisotopic (exact) mass is 374 g/mol. The minimum Gasteiger partial charge on any atom is -0.483 e. The van der Waals surface area contributed by atoms with Crippen molar-refractivity contribution >= 4 is 23.4 Å². The van der Waals surface area contributed by atoms with Crippen LogP contribution in [0.25, 0.3) is 0 Å². The molecule has 0 aliphatic carbocycles. The zero-order chi connectivity index (χ0) is 19.2. The largest absolute Gasteiger partial charge is 0.483 e. The zero-order valence-electron chi connectivity index (χ0n) is 15.1. The smallest absolute Gasteiger partial charge is 0.276 e. The van der Waals surface area contributed by atoms with E-state index in [9.17, 15) is 9.59 Å². The average Bonchev–Trinajstić information content (AvgIpc) is 2.59. The third-order valence-corrected chi connectivity index (χ3v) is 3.93. The van der Waals surface area contributed by atoms with Gasteiger partial charge in [-0.15, -0.1) is 0 Å². The summed E-state index contributed by atoms with van der Waals surface area (Å²) in [6, 6.07) is 14.5. The number of amides is 2. The lowest BCUT2D eigenvalue weighted by Crippen LogP contribution is -2.44. The first-order chi connectivity index (χ1) is 12.3. The van der Waals surface area contributed by atoms with E-state index in [1.54, 1.807) is 24.3 Å². The highest BCUT2D eigenvalue weighted by molar-refractivity contribution is 6.30. The van der Waals surface area contributed by atoms with Crippen LogP contribution in [0, 0.1) is 0 Å². The van der Waals surface area contributed by atoms with Gasteiger partial charge in [-0.25, -0.2) is 0 Å². The Labute approximate surface area is 158 Å². The number of hydrogen-bond acceptors (Lipinski definition) is 3. The fourth-order valence-corrected chi connectivity index (χ4v) is 2.49. The molecule has 5 nitrogen and oxygen atoms in total. The minimum absolute atomic E-state index is 0.0974. The van der Waals surface area contributed by atoms with Crippen molar-refractivity contribution in [2.45, 2.75) is 32.6 Å². The normalized spacial score (nSPS) is 10.9. The molecule has 2 aromatic carbocycles. The molecule has 2 rings (SSSR count). The number of rotatable bonds is 5. The maximum Gasteiger partial charge on any atom is 0.276 e. The third-order valence-electron chi connectivity index (χ3n) is 3.67. The highest BCUT2D eigenvalue weighted by atomic mass is 35.5. The zero-order valence-corrected chi connectivity index (χ0v) is 15.9. The van der Waals surface area contributed by atoms with Gasteiger partial charge < -0.3 is 4.74 Å². The van der Waals surface area contributed by atoms with Gasteiger partial charge in [-0.05, 0) is 34.7 Å². The second kappa shape index (κ2) is 8.72. The van der Waals surface area contributed by atoms with Gasteiger partial charge >= 0.3 is 0 Å². The van der Waals surface area contributed by atoms with Crippen molar-refractivity contribution in [3.05, 3.63) is 64.7 Å². The summed E-state index contributed by atoms with van der Waals surface area (Å²) in [4.78, 5) is 23.8. The first-order valence-electron chi connectivity index (χ1n) is 8.30. The number of nitrogens with one attached hydrogen (secondary N) is 2. The van der Waals surface area contributed by atoms with Crippen molar-refractivity contribution in [2.24, 2.45) is 0 Å². The Balaban J connectivity index is 1.81. The summed E-state index contributed by atoms with van der Waals surface area (Å²) < 4.78 is 5.61.